The van der Waals surface area contributed by atoms with Crippen LogP contribution in [-0.2, 0) is 28.5 Å². The van der Waals surface area contributed by atoms with Gasteiger partial charge in [-0.1, -0.05) is 48.5 Å². The maximum absolute atomic E-state index is 13.9. The van der Waals surface area contributed by atoms with E-state index in [4.69, 9.17) is 24.1 Å². The number of amides is 2. The highest BCUT2D eigenvalue weighted by Crippen LogP contribution is 2.40. The third-order valence-electron chi connectivity index (χ3n) is 8.60. The lowest BCUT2D eigenvalue weighted by molar-refractivity contribution is -0.172. The zero-order valence-electron chi connectivity index (χ0n) is 24.9. The molecule has 10 nitrogen and oxygen atoms in total. The van der Waals surface area contributed by atoms with Crippen LogP contribution in [0.5, 0.6) is 0 Å². The number of piperidine rings is 1. The summed E-state index contributed by atoms with van der Waals surface area (Å²) >= 11 is 0. The molecule has 2 fully saturated rings. The van der Waals surface area contributed by atoms with E-state index in [-0.39, 0.29) is 36.0 Å². The molecule has 3 atom stereocenters. The Morgan fingerprint density at radius 2 is 1.67 bits per heavy atom. The van der Waals surface area contributed by atoms with Crippen molar-refractivity contribution in [3.63, 3.8) is 0 Å². The number of hydrogen-bond acceptors (Lipinski definition) is 8. The number of benzene rings is 2. The van der Waals surface area contributed by atoms with E-state index in [2.05, 4.69) is 22.3 Å². The average Bonchev–Trinajstić information content (AvgIpc) is 3.36. The van der Waals surface area contributed by atoms with Gasteiger partial charge in [0.2, 0.25) is 12.2 Å². The molecule has 0 saturated carbocycles. The fourth-order valence-corrected chi connectivity index (χ4v) is 6.36. The summed E-state index contributed by atoms with van der Waals surface area (Å²) in [5, 5.41) is 11.9. The number of ether oxygens (including phenoxy) is 4. The minimum atomic E-state index is -0.672. The molecule has 2 N–H and O–H groups in total. The lowest BCUT2D eigenvalue weighted by Crippen LogP contribution is -2.57. The van der Waals surface area contributed by atoms with E-state index < -0.39 is 11.8 Å². The molecular formula is C33H43N3O7. The van der Waals surface area contributed by atoms with Crippen molar-refractivity contribution in [1.29, 1.82) is 0 Å². The van der Waals surface area contributed by atoms with E-state index in [1.165, 1.54) is 0 Å². The van der Waals surface area contributed by atoms with Crippen LogP contribution in [-0.4, -0.2) is 93.0 Å². The Bertz CT molecular complexity index is 1220. The number of aliphatic hydroxyl groups excluding tert-OH is 1. The van der Waals surface area contributed by atoms with Crippen LogP contribution in [0.15, 0.2) is 72.5 Å². The zero-order valence-corrected chi connectivity index (χ0v) is 24.9. The van der Waals surface area contributed by atoms with E-state index in [0.717, 1.165) is 11.3 Å². The van der Waals surface area contributed by atoms with E-state index in [1.54, 1.807) is 4.90 Å². The number of anilines is 1. The molecule has 2 saturated heterocycles. The predicted molar refractivity (Wildman–Crippen MR) is 161 cm³/mol. The first-order valence-corrected chi connectivity index (χ1v) is 15.3. The molecular weight excluding hydrogens is 550 g/mol. The normalized spacial score (nSPS) is 23.2. The smallest absolute Gasteiger partial charge is 0.288 e. The topological polar surface area (TPSA) is 110 Å². The second-order valence-corrected chi connectivity index (χ2v) is 11.1. The Morgan fingerprint density at radius 1 is 1.00 bits per heavy atom. The number of carbonyl (C=O) groups is 2. The van der Waals surface area contributed by atoms with Gasteiger partial charge in [-0.05, 0) is 50.0 Å². The summed E-state index contributed by atoms with van der Waals surface area (Å²) in [5.74, 6) is -0.0508. The summed E-state index contributed by atoms with van der Waals surface area (Å²) in [6.45, 7) is 5.32. The van der Waals surface area contributed by atoms with Crippen LogP contribution in [0.1, 0.15) is 37.7 Å². The summed E-state index contributed by atoms with van der Waals surface area (Å²) < 4.78 is 23.5. The molecule has 0 radical (unpaired) electrons. The number of likely N-dealkylation sites (tertiary alicyclic amines) is 1. The van der Waals surface area contributed by atoms with Crippen LogP contribution >= 0.6 is 0 Å². The Morgan fingerprint density at radius 3 is 2.35 bits per heavy atom. The van der Waals surface area contributed by atoms with E-state index in [0.29, 0.717) is 72.1 Å². The van der Waals surface area contributed by atoms with Crippen molar-refractivity contribution < 1.29 is 33.6 Å². The number of carbonyl (C=O) groups excluding carboxylic acids is 2. The molecule has 3 heterocycles. The van der Waals surface area contributed by atoms with E-state index in [9.17, 15) is 9.59 Å². The molecule has 0 bridgehead atoms. The van der Waals surface area contributed by atoms with Crippen LogP contribution in [0.2, 0.25) is 0 Å². The highest BCUT2D eigenvalue weighted by molar-refractivity contribution is 5.95. The van der Waals surface area contributed by atoms with Crippen molar-refractivity contribution in [2.45, 2.75) is 43.9 Å². The van der Waals surface area contributed by atoms with E-state index in [1.807, 2.05) is 61.5 Å². The predicted octanol–water partition coefficient (Wildman–Crippen LogP) is 3.03. The van der Waals surface area contributed by atoms with Crippen molar-refractivity contribution in [3.8, 4) is 0 Å². The van der Waals surface area contributed by atoms with Gasteiger partial charge in [0.1, 0.15) is 5.54 Å². The molecule has 232 valence electrons. The largest absolute Gasteiger partial charge is 0.459 e. The third kappa shape index (κ3) is 7.04. The SMILES string of the molecule is CCO[C@H]1OC(C(=O)N2CCC3(CC2)C(=O)NCN3c2ccccc2)=C[C@@H](c2ccccc2)[C@H]1CCOCCOCCO. The standard InChI is InChI=1S/C33H43N3O7/c1-2-42-31-27(13-19-40-21-22-41-20-18-37)28(25-9-5-3-6-10-25)23-29(43-31)30(38)35-16-14-33(15-17-35)32(39)34-24-36(33)26-11-7-4-8-12-26/h3-12,23,27-28,31,37H,2,13-22,24H2,1H3,(H,34,39)/t27-,28+,31+/m1/s1. The van der Waals surface area contributed by atoms with Gasteiger partial charge in [-0.2, -0.15) is 0 Å². The lowest BCUT2D eigenvalue weighted by atomic mass is 9.81. The van der Waals surface area contributed by atoms with Crippen LogP contribution in [0, 0.1) is 5.92 Å². The van der Waals surface area contributed by atoms with Crippen molar-refractivity contribution in [2.24, 2.45) is 5.92 Å². The highest BCUT2D eigenvalue weighted by atomic mass is 16.7. The maximum atomic E-state index is 13.9. The van der Waals surface area contributed by atoms with Gasteiger partial charge in [-0.15, -0.1) is 0 Å². The number of aliphatic hydroxyl groups is 1. The summed E-state index contributed by atoms with van der Waals surface area (Å²) in [6.07, 6.45) is 3.06. The second-order valence-electron chi connectivity index (χ2n) is 11.1. The first kappa shape index (κ1) is 31.0. The minimum Gasteiger partial charge on any atom is -0.459 e. The molecule has 2 aromatic carbocycles. The fourth-order valence-electron chi connectivity index (χ4n) is 6.36. The summed E-state index contributed by atoms with van der Waals surface area (Å²) in [7, 11) is 0. The van der Waals surface area contributed by atoms with Gasteiger partial charge < -0.3 is 39.2 Å². The number of para-hydroxylation sites is 1. The number of nitrogens with one attached hydrogen (secondary N) is 1. The molecule has 2 amide bonds. The lowest BCUT2D eigenvalue weighted by Gasteiger charge is -2.44. The van der Waals surface area contributed by atoms with Crippen molar-refractivity contribution >= 4 is 17.5 Å². The Labute approximate surface area is 253 Å². The quantitative estimate of drug-likeness (QED) is 0.341. The summed E-state index contributed by atoms with van der Waals surface area (Å²) in [6, 6.07) is 20.1. The summed E-state index contributed by atoms with van der Waals surface area (Å²) in [5.41, 5.74) is 1.40. The minimum absolute atomic E-state index is 0.0125. The van der Waals surface area contributed by atoms with Gasteiger partial charge in [0.05, 0.1) is 33.1 Å². The van der Waals surface area contributed by atoms with Crippen LogP contribution in [0.3, 0.4) is 0 Å². The fraction of sp³-hybridized carbons (Fsp3) is 0.515. The Balaban J connectivity index is 1.30. The first-order chi connectivity index (χ1) is 21.1. The number of rotatable bonds is 13. The number of allylic oxidation sites excluding steroid dienone is 1. The molecule has 0 aliphatic carbocycles. The Kier molecular flexibility index (Phi) is 10.7. The molecule has 0 aromatic heterocycles. The molecule has 2 aromatic rings. The molecule has 43 heavy (non-hydrogen) atoms. The zero-order chi connectivity index (χ0) is 30.1. The maximum Gasteiger partial charge on any atom is 0.288 e. The third-order valence-corrected chi connectivity index (χ3v) is 8.60. The highest BCUT2D eigenvalue weighted by Gasteiger charge is 2.51. The van der Waals surface area contributed by atoms with Crippen LogP contribution < -0.4 is 10.2 Å². The van der Waals surface area contributed by atoms with Gasteiger partial charge in [0.15, 0.2) is 5.76 Å². The van der Waals surface area contributed by atoms with Crippen molar-refractivity contribution in [1.82, 2.24) is 10.2 Å². The van der Waals surface area contributed by atoms with Crippen LogP contribution in [0.25, 0.3) is 0 Å². The molecule has 3 aliphatic rings. The molecule has 10 heteroatoms. The first-order valence-electron chi connectivity index (χ1n) is 15.3. The van der Waals surface area contributed by atoms with Crippen LogP contribution in [0.4, 0.5) is 5.69 Å². The van der Waals surface area contributed by atoms with Gasteiger partial charge in [-0.3, -0.25) is 9.59 Å². The Hall–Kier alpha value is -3.44. The molecule has 3 aliphatic heterocycles. The van der Waals surface area contributed by atoms with Gasteiger partial charge >= 0.3 is 0 Å². The van der Waals surface area contributed by atoms with Gasteiger partial charge in [0, 0.05) is 43.8 Å². The van der Waals surface area contributed by atoms with Gasteiger partial charge in [-0.25, -0.2) is 0 Å². The van der Waals surface area contributed by atoms with Gasteiger partial charge in [0.25, 0.3) is 5.91 Å². The number of hydrogen-bond donors (Lipinski definition) is 2. The molecule has 1 spiro atoms. The molecule has 5 rings (SSSR count). The molecule has 0 unspecified atom stereocenters. The van der Waals surface area contributed by atoms with Crippen molar-refractivity contribution in [2.75, 3.05) is 64.3 Å². The number of nitrogens with zero attached hydrogens (tertiary/aromatic N) is 2. The van der Waals surface area contributed by atoms with E-state index >= 15 is 0 Å². The second kappa shape index (κ2) is 14.8. The van der Waals surface area contributed by atoms with Crippen molar-refractivity contribution in [3.05, 3.63) is 78.1 Å². The monoisotopic (exact) mass is 593 g/mol. The average molecular weight is 594 g/mol. The summed E-state index contributed by atoms with van der Waals surface area (Å²) in [4.78, 5) is 30.9.